The van der Waals surface area contributed by atoms with Crippen LogP contribution in [0.3, 0.4) is 0 Å². The molecular formula is C46H48N2O2Si. The van der Waals surface area contributed by atoms with Gasteiger partial charge in [-0.1, -0.05) is 161 Å². The predicted molar refractivity (Wildman–Crippen MR) is 211 cm³/mol. The highest BCUT2D eigenvalue weighted by Gasteiger charge is 2.52. The molecule has 1 aliphatic carbocycles. The van der Waals surface area contributed by atoms with Gasteiger partial charge in [0.25, 0.3) is 0 Å². The maximum atomic E-state index is 7.69. The number of oxazole rings is 1. The van der Waals surface area contributed by atoms with Crippen molar-refractivity contribution >= 4 is 18.7 Å². The minimum absolute atomic E-state index is 0.107. The first-order valence-electron chi connectivity index (χ1n) is 18.7. The third kappa shape index (κ3) is 6.28. The summed E-state index contributed by atoms with van der Waals surface area (Å²) >= 11 is 0. The lowest BCUT2D eigenvalue weighted by Crippen LogP contribution is -2.69. The fourth-order valence-corrected chi connectivity index (χ4v) is 13.1. The number of hydrogen-bond donors (Lipinski definition) is 0. The number of piperidine rings is 1. The van der Waals surface area contributed by atoms with Crippen molar-refractivity contribution in [3.8, 4) is 28.3 Å². The van der Waals surface area contributed by atoms with E-state index in [1.165, 1.54) is 34.3 Å². The van der Waals surface area contributed by atoms with Crippen molar-refractivity contribution in [2.24, 2.45) is 0 Å². The Morgan fingerprint density at radius 3 is 1.86 bits per heavy atom. The van der Waals surface area contributed by atoms with Crippen LogP contribution in [0.25, 0.3) is 22.6 Å². The number of nitrogens with zero attached hydrogens (tertiary/aromatic N) is 2. The van der Waals surface area contributed by atoms with Crippen molar-refractivity contribution in [2.45, 2.75) is 76.4 Å². The van der Waals surface area contributed by atoms with Gasteiger partial charge in [0.1, 0.15) is 11.4 Å². The maximum absolute atomic E-state index is 7.69. The van der Waals surface area contributed by atoms with Crippen LogP contribution in [0.4, 0.5) is 0 Å². The van der Waals surface area contributed by atoms with E-state index in [9.17, 15) is 0 Å². The van der Waals surface area contributed by atoms with Crippen LogP contribution in [0, 0.1) is 0 Å². The molecule has 51 heavy (non-hydrogen) atoms. The summed E-state index contributed by atoms with van der Waals surface area (Å²) in [6.07, 6.45) is 6.64. The van der Waals surface area contributed by atoms with Gasteiger partial charge in [0.05, 0.1) is 6.04 Å². The van der Waals surface area contributed by atoms with Gasteiger partial charge in [-0.25, -0.2) is 4.98 Å². The Morgan fingerprint density at radius 2 is 1.24 bits per heavy atom. The van der Waals surface area contributed by atoms with E-state index in [2.05, 4.69) is 165 Å². The van der Waals surface area contributed by atoms with E-state index in [1.54, 1.807) is 0 Å². The van der Waals surface area contributed by atoms with E-state index < -0.39 is 8.32 Å². The standard InChI is InChI=1S/C46H48N2O2Si/c1-46(2,3)51(36-24-12-6-13-25-36,37-26-14-7-15-27-37)50-42-32-19-28-38-39(42)29-18-31-40(38)48-33-17-16-30-41(48)45-47-43(34-20-8-4-9-21-34)44(49-45)35-22-10-5-11-23-35/h4-15,19-28,32,40-41H,16-18,29-31,33H2,1-3H3. The van der Waals surface area contributed by atoms with Gasteiger partial charge in [0.15, 0.2) is 5.76 Å². The number of hydrogen-bond acceptors (Lipinski definition) is 4. The third-order valence-corrected chi connectivity index (χ3v) is 16.0. The summed E-state index contributed by atoms with van der Waals surface area (Å²) < 4.78 is 14.5. The summed E-state index contributed by atoms with van der Waals surface area (Å²) in [5.74, 6) is 2.74. The molecule has 2 aliphatic rings. The number of aromatic nitrogens is 1. The van der Waals surface area contributed by atoms with Gasteiger partial charge in [-0.3, -0.25) is 4.90 Å². The van der Waals surface area contributed by atoms with Gasteiger partial charge in [0.2, 0.25) is 5.89 Å². The van der Waals surface area contributed by atoms with Gasteiger partial charge >= 0.3 is 8.32 Å². The molecule has 1 saturated heterocycles. The molecule has 6 aromatic rings. The first kappa shape index (κ1) is 33.4. The van der Waals surface area contributed by atoms with E-state index in [4.69, 9.17) is 13.8 Å². The summed E-state index contributed by atoms with van der Waals surface area (Å²) in [7, 11) is -2.78. The molecule has 0 bridgehead atoms. The van der Waals surface area contributed by atoms with Crippen LogP contribution in [-0.2, 0) is 6.42 Å². The summed E-state index contributed by atoms with van der Waals surface area (Å²) in [4.78, 5) is 8.03. The fraction of sp³-hybridized carbons (Fsp3) is 0.283. The van der Waals surface area contributed by atoms with Gasteiger partial charge in [-0.2, -0.15) is 0 Å². The summed E-state index contributed by atoms with van der Waals surface area (Å²) in [6.45, 7) is 8.11. The molecule has 2 unspecified atom stereocenters. The second-order valence-corrected chi connectivity index (χ2v) is 19.4. The van der Waals surface area contributed by atoms with Crippen molar-refractivity contribution in [3.63, 3.8) is 0 Å². The first-order chi connectivity index (χ1) is 24.9. The normalized spacial score (nSPS) is 18.3. The second-order valence-electron chi connectivity index (χ2n) is 15.2. The van der Waals surface area contributed by atoms with Crippen molar-refractivity contribution in [3.05, 3.63) is 157 Å². The Labute approximate surface area is 304 Å². The van der Waals surface area contributed by atoms with Crippen LogP contribution in [0.2, 0.25) is 5.04 Å². The van der Waals surface area contributed by atoms with Crippen LogP contribution in [-0.4, -0.2) is 24.7 Å². The fourth-order valence-electron chi connectivity index (χ4n) is 8.69. The monoisotopic (exact) mass is 688 g/mol. The molecule has 5 heteroatoms. The number of benzene rings is 5. The molecule has 2 heterocycles. The Bertz CT molecular complexity index is 1960. The van der Waals surface area contributed by atoms with Crippen LogP contribution in [0.1, 0.15) is 82.0 Å². The zero-order chi connectivity index (χ0) is 34.8. The Balaban J connectivity index is 1.20. The van der Waals surface area contributed by atoms with E-state index in [1.807, 2.05) is 0 Å². The largest absolute Gasteiger partial charge is 0.534 e. The second kappa shape index (κ2) is 14.1. The van der Waals surface area contributed by atoms with Crippen molar-refractivity contribution in [1.82, 2.24) is 9.88 Å². The highest BCUT2D eigenvalue weighted by Crippen LogP contribution is 2.47. The number of rotatable bonds is 8. The summed E-state index contributed by atoms with van der Waals surface area (Å²) in [5, 5.41) is 2.50. The molecule has 0 N–H and O–H groups in total. The van der Waals surface area contributed by atoms with Crippen LogP contribution in [0.5, 0.6) is 5.75 Å². The van der Waals surface area contributed by atoms with E-state index in [0.29, 0.717) is 0 Å². The lowest BCUT2D eigenvalue weighted by atomic mass is 9.84. The van der Waals surface area contributed by atoms with E-state index >= 15 is 0 Å². The lowest BCUT2D eigenvalue weighted by molar-refractivity contribution is 0.0675. The molecule has 8 rings (SSSR count). The molecule has 1 fully saturated rings. The maximum Gasteiger partial charge on any atom is 0.319 e. The summed E-state index contributed by atoms with van der Waals surface area (Å²) in [6, 6.07) is 50.2. The van der Waals surface area contributed by atoms with Gasteiger partial charge < -0.3 is 8.84 Å². The van der Waals surface area contributed by atoms with Gasteiger partial charge in [-0.15, -0.1) is 0 Å². The third-order valence-electron chi connectivity index (χ3n) is 11.1. The topological polar surface area (TPSA) is 38.5 Å². The molecule has 5 aromatic carbocycles. The van der Waals surface area contributed by atoms with Crippen molar-refractivity contribution in [2.75, 3.05) is 6.54 Å². The molecule has 0 amide bonds. The SMILES string of the molecule is CC(C)(C)[Si](Oc1cccc2c1CCCC2N1CCCCC1c1nc(-c2ccccc2)c(-c2ccccc2)o1)(c1ccccc1)c1ccccc1. The van der Waals surface area contributed by atoms with Crippen LogP contribution < -0.4 is 14.8 Å². The number of fused-ring (bicyclic) bond motifs is 1. The van der Waals surface area contributed by atoms with Crippen LogP contribution in [0.15, 0.2) is 144 Å². The predicted octanol–water partition coefficient (Wildman–Crippen LogP) is 10.6. The molecule has 258 valence electrons. The quantitative estimate of drug-likeness (QED) is 0.149. The molecule has 2 atom stereocenters. The highest BCUT2D eigenvalue weighted by molar-refractivity contribution is 7.00. The number of likely N-dealkylation sites (tertiary alicyclic amines) is 1. The molecule has 1 aliphatic heterocycles. The van der Waals surface area contributed by atoms with Crippen molar-refractivity contribution < 1.29 is 8.84 Å². The van der Waals surface area contributed by atoms with E-state index in [0.717, 1.165) is 66.4 Å². The minimum atomic E-state index is -2.78. The smallest absolute Gasteiger partial charge is 0.319 e. The zero-order valence-corrected chi connectivity index (χ0v) is 31.1. The average molecular weight is 689 g/mol. The Kier molecular flexibility index (Phi) is 9.26. The average Bonchev–Trinajstić information content (AvgIpc) is 3.63. The van der Waals surface area contributed by atoms with Gasteiger partial charge in [-0.05, 0) is 71.3 Å². The highest BCUT2D eigenvalue weighted by atomic mass is 28.4. The van der Waals surface area contributed by atoms with Crippen LogP contribution >= 0.6 is 0 Å². The lowest BCUT2D eigenvalue weighted by Gasteiger charge is -2.45. The zero-order valence-electron chi connectivity index (χ0n) is 30.1. The molecule has 4 nitrogen and oxygen atoms in total. The summed E-state index contributed by atoms with van der Waals surface area (Å²) in [5.41, 5.74) is 5.84. The first-order valence-corrected chi connectivity index (χ1v) is 20.6. The Hall–Kier alpha value is -4.71. The minimum Gasteiger partial charge on any atom is -0.534 e. The van der Waals surface area contributed by atoms with E-state index in [-0.39, 0.29) is 17.1 Å². The molecule has 1 aromatic heterocycles. The molecule has 0 spiro atoms. The van der Waals surface area contributed by atoms with Gasteiger partial charge in [0, 0.05) is 17.2 Å². The van der Waals surface area contributed by atoms with Crippen molar-refractivity contribution in [1.29, 1.82) is 0 Å². The molecule has 0 saturated carbocycles. The Morgan fingerprint density at radius 1 is 0.647 bits per heavy atom. The molecular weight excluding hydrogens is 641 g/mol. The molecule has 0 radical (unpaired) electrons.